The molecule has 1 unspecified atom stereocenters. The number of likely N-dealkylation sites (N-methyl/N-ethyl adjacent to an activating group) is 1. The summed E-state index contributed by atoms with van der Waals surface area (Å²) in [5, 5.41) is 6.10. The van der Waals surface area contributed by atoms with E-state index in [-0.39, 0.29) is 24.4 Å². The first kappa shape index (κ1) is 19.2. The predicted molar refractivity (Wildman–Crippen MR) is 87.6 cm³/mol. The lowest BCUT2D eigenvalue weighted by atomic mass is 10.3. The van der Waals surface area contributed by atoms with Gasteiger partial charge in [0.05, 0.1) is 0 Å². The average Bonchev–Trinajstić information content (AvgIpc) is 2.36. The van der Waals surface area contributed by atoms with E-state index in [1.165, 1.54) is 0 Å². The summed E-state index contributed by atoms with van der Waals surface area (Å²) in [7, 11) is 0. The number of benzene rings is 1. The first-order valence-electron chi connectivity index (χ1n) is 6.46. The standard InChI is InChI=1S/C14H21BrN2O2.ClH/c1-4-16-10(2)9-17-14(18)11(3)19-13-7-5-6-12(15)8-13;/h5-8,10-11,16H,4,9H2,1-3H3,(H,17,18);1H/t10-,11?;/m1./s1. The minimum absolute atomic E-state index is 0. The maximum Gasteiger partial charge on any atom is 0.260 e. The monoisotopic (exact) mass is 364 g/mol. The van der Waals surface area contributed by atoms with Crippen LogP contribution in [0.4, 0.5) is 0 Å². The lowest BCUT2D eigenvalue weighted by molar-refractivity contribution is -0.127. The summed E-state index contributed by atoms with van der Waals surface area (Å²) in [6.07, 6.45) is -0.511. The molecule has 0 saturated carbocycles. The Morgan fingerprint density at radius 2 is 2.10 bits per heavy atom. The number of rotatable bonds is 7. The molecule has 1 aromatic rings. The molecule has 0 aromatic heterocycles. The molecule has 20 heavy (non-hydrogen) atoms. The van der Waals surface area contributed by atoms with Crippen molar-refractivity contribution < 1.29 is 9.53 Å². The largest absolute Gasteiger partial charge is 0.481 e. The number of hydrogen-bond acceptors (Lipinski definition) is 3. The number of hydrogen-bond donors (Lipinski definition) is 2. The quantitative estimate of drug-likeness (QED) is 0.781. The van der Waals surface area contributed by atoms with Crippen LogP contribution >= 0.6 is 28.3 Å². The fourth-order valence-electron chi connectivity index (χ4n) is 1.62. The highest BCUT2D eigenvalue weighted by atomic mass is 79.9. The van der Waals surface area contributed by atoms with Crippen LogP contribution in [0.15, 0.2) is 28.7 Å². The van der Waals surface area contributed by atoms with Gasteiger partial charge < -0.3 is 15.4 Å². The normalized spacial score (nSPS) is 13.0. The summed E-state index contributed by atoms with van der Waals surface area (Å²) in [4.78, 5) is 11.9. The van der Waals surface area contributed by atoms with E-state index in [0.717, 1.165) is 11.0 Å². The zero-order chi connectivity index (χ0) is 14.3. The Kier molecular flexibility index (Phi) is 9.63. The highest BCUT2D eigenvalue weighted by molar-refractivity contribution is 9.10. The van der Waals surface area contributed by atoms with Crippen molar-refractivity contribution >= 4 is 34.2 Å². The summed E-state index contributed by atoms with van der Waals surface area (Å²) in [6, 6.07) is 7.71. The maximum atomic E-state index is 11.9. The van der Waals surface area contributed by atoms with E-state index >= 15 is 0 Å². The third-order valence-electron chi connectivity index (χ3n) is 2.61. The molecule has 0 heterocycles. The van der Waals surface area contributed by atoms with Crippen LogP contribution in [-0.4, -0.2) is 31.1 Å². The Labute approximate surface area is 135 Å². The molecule has 1 amide bonds. The van der Waals surface area contributed by atoms with Gasteiger partial charge in [-0.3, -0.25) is 4.79 Å². The van der Waals surface area contributed by atoms with Crippen molar-refractivity contribution in [2.75, 3.05) is 13.1 Å². The fourth-order valence-corrected chi connectivity index (χ4v) is 1.99. The number of carbonyl (C=O) groups excluding carboxylic acids is 1. The number of amides is 1. The van der Waals surface area contributed by atoms with Crippen LogP contribution in [0, 0.1) is 0 Å². The smallest absolute Gasteiger partial charge is 0.260 e. The molecule has 0 bridgehead atoms. The fraction of sp³-hybridized carbons (Fsp3) is 0.500. The summed E-state index contributed by atoms with van der Waals surface area (Å²) in [5.74, 6) is 0.571. The number of nitrogens with one attached hydrogen (secondary N) is 2. The highest BCUT2D eigenvalue weighted by Gasteiger charge is 2.15. The van der Waals surface area contributed by atoms with Crippen molar-refractivity contribution in [3.8, 4) is 5.75 Å². The third-order valence-corrected chi connectivity index (χ3v) is 3.11. The Hall–Kier alpha value is -0.780. The minimum atomic E-state index is -0.511. The lowest BCUT2D eigenvalue weighted by Crippen LogP contribution is -2.43. The Morgan fingerprint density at radius 1 is 1.40 bits per heavy atom. The molecular formula is C14H22BrClN2O2. The topological polar surface area (TPSA) is 50.4 Å². The van der Waals surface area contributed by atoms with Gasteiger partial charge in [-0.15, -0.1) is 12.4 Å². The molecule has 2 N–H and O–H groups in total. The van der Waals surface area contributed by atoms with Crippen molar-refractivity contribution in [1.82, 2.24) is 10.6 Å². The van der Waals surface area contributed by atoms with E-state index in [1.807, 2.05) is 38.1 Å². The summed E-state index contributed by atoms with van der Waals surface area (Å²) in [5.41, 5.74) is 0. The first-order chi connectivity index (χ1) is 9.02. The van der Waals surface area contributed by atoms with Crippen molar-refractivity contribution in [2.24, 2.45) is 0 Å². The van der Waals surface area contributed by atoms with Gasteiger partial charge in [0.25, 0.3) is 5.91 Å². The Balaban J connectivity index is 0.00000361. The molecule has 4 nitrogen and oxygen atoms in total. The van der Waals surface area contributed by atoms with Crippen LogP contribution in [0.2, 0.25) is 0 Å². The molecule has 114 valence electrons. The average molecular weight is 366 g/mol. The number of ether oxygens (including phenoxy) is 1. The Morgan fingerprint density at radius 3 is 2.70 bits per heavy atom. The molecule has 1 aromatic carbocycles. The number of halogens is 2. The third kappa shape index (κ3) is 7.12. The van der Waals surface area contributed by atoms with E-state index in [0.29, 0.717) is 12.3 Å². The van der Waals surface area contributed by atoms with Crippen LogP contribution in [-0.2, 0) is 4.79 Å². The van der Waals surface area contributed by atoms with E-state index < -0.39 is 6.10 Å². The van der Waals surface area contributed by atoms with Crippen LogP contribution < -0.4 is 15.4 Å². The van der Waals surface area contributed by atoms with E-state index in [1.54, 1.807) is 6.92 Å². The van der Waals surface area contributed by atoms with Gasteiger partial charge in [0, 0.05) is 17.1 Å². The predicted octanol–water partition coefficient (Wildman–Crippen LogP) is 2.75. The van der Waals surface area contributed by atoms with Crippen LogP contribution in [0.5, 0.6) is 5.75 Å². The maximum absolute atomic E-state index is 11.9. The van der Waals surface area contributed by atoms with Gasteiger partial charge in [-0.2, -0.15) is 0 Å². The molecule has 0 aliphatic carbocycles. The van der Waals surface area contributed by atoms with Crippen molar-refractivity contribution in [1.29, 1.82) is 0 Å². The summed E-state index contributed by atoms with van der Waals surface area (Å²) >= 11 is 3.37. The minimum Gasteiger partial charge on any atom is -0.481 e. The van der Waals surface area contributed by atoms with Crippen LogP contribution in [0.25, 0.3) is 0 Å². The molecule has 0 aliphatic heterocycles. The van der Waals surface area contributed by atoms with E-state index in [2.05, 4.69) is 26.6 Å². The second kappa shape index (κ2) is 10.0. The highest BCUT2D eigenvalue weighted by Crippen LogP contribution is 2.18. The van der Waals surface area contributed by atoms with Gasteiger partial charge in [-0.1, -0.05) is 28.9 Å². The second-order valence-electron chi connectivity index (χ2n) is 4.42. The number of carbonyl (C=O) groups is 1. The molecule has 0 fully saturated rings. The lowest BCUT2D eigenvalue weighted by Gasteiger charge is -2.17. The molecule has 0 saturated heterocycles. The zero-order valence-electron chi connectivity index (χ0n) is 12.0. The van der Waals surface area contributed by atoms with Gasteiger partial charge in [-0.05, 0) is 38.6 Å². The van der Waals surface area contributed by atoms with E-state index in [4.69, 9.17) is 4.74 Å². The van der Waals surface area contributed by atoms with Gasteiger partial charge in [0.15, 0.2) is 6.10 Å². The van der Waals surface area contributed by atoms with Gasteiger partial charge in [0.2, 0.25) is 0 Å². The van der Waals surface area contributed by atoms with Gasteiger partial charge >= 0.3 is 0 Å². The van der Waals surface area contributed by atoms with Crippen LogP contribution in [0.3, 0.4) is 0 Å². The molecule has 2 atom stereocenters. The van der Waals surface area contributed by atoms with Crippen LogP contribution in [0.1, 0.15) is 20.8 Å². The molecule has 0 radical (unpaired) electrons. The first-order valence-corrected chi connectivity index (χ1v) is 7.25. The van der Waals surface area contributed by atoms with Crippen molar-refractivity contribution in [2.45, 2.75) is 32.9 Å². The van der Waals surface area contributed by atoms with Gasteiger partial charge in [-0.25, -0.2) is 0 Å². The second-order valence-corrected chi connectivity index (χ2v) is 5.34. The Bertz CT molecular complexity index is 418. The SMILES string of the molecule is CCN[C@H](C)CNC(=O)C(C)Oc1cccc(Br)c1.Cl. The van der Waals surface area contributed by atoms with Gasteiger partial charge in [0.1, 0.15) is 5.75 Å². The van der Waals surface area contributed by atoms with Crippen molar-refractivity contribution in [3.63, 3.8) is 0 Å². The summed E-state index contributed by atoms with van der Waals surface area (Å²) in [6.45, 7) is 7.30. The molecule has 0 spiro atoms. The molecule has 6 heteroatoms. The zero-order valence-corrected chi connectivity index (χ0v) is 14.4. The molecular weight excluding hydrogens is 344 g/mol. The molecule has 0 aliphatic rings. The summed E-state index contributed by atoms with van der Waals surface area (Å²) < 4.78 is 6.52. The van der Waals surface area contributed by atoms with Crippen molar-refractivity contribution in [3.05, 3.63) is 28.7 Å². The molecule has 1 rings (SSSR count). The van der Waals surface area contributed by atoms with E-state index in [9.17, 15) is 4.79 Å².